The maximum atomic E-state index is 3.95. The number of hydrogen-bond acceptors (Lipinski definition) is 1. The molecule has 0 radical (unpaired) electrons. The maximum absolute atomic E-state index is 3.95. The molecule has 0 bridgehead atoms. The quantitative estimate of drug-likeness (QED) is 0.562. The summed E-state index contributed by atoms with van der Waals surface area (Å²) in [5.41, 5.74) is 1.19. The van der Waals surface area contributed by atoms with Gasteiger partial charge in [0.2, 0.25) is 0 Å². The number of rotatable bonds is 4. The van der Waals surface area contributed by atoms with Gasteiger partial charge in [0.05, 0.1) is 0 Å². The van der Waals surface area contributed by atoms with E-state index in [1.807, 2.05) is 6.92 Å². The van der Waals surface area contributed by atoms with Crippen molar-refractivity contribution in [2.24, 2.45) is 0 Å². The van der Waals surface area contributed by atoms with Crippen molar-refractivity contribution in [2.75, 3.05) is 13.1 Å². The molecule has 12 heavy (non-hydrogen) atoms. The second kappa shape index (κ2) is 5.94. The standard InChI is InChI=1S/C10H19N.W/c1-7-11(8-2)10(5,6)9(3)4;/h1-3,7-8H2,4-6H3;/q-2;+2. The van der Waals surface area contributed by atoms with Crippen LogP contribution in [0.4, 0.5) is 0 Å². The monoisotopic (exact) mass is 337 g/mol. The van der Waals surface area contributed by atoms with Crippen molar-refractivity contribution < 1.29 is 21.1 Å². The van der Waals surface area contributed by atoms with E-state index in [9.17, 15) is 0 Å². The molecule has 0 rings (SSSR count). The Morgan fingerprint density at radius 3 is 1.75 bits per heavy atom. The van der Waals surface area contributed by atoms with Gasteiger partial charge in [0, 0.05) is 5.54 Å². The SMILES string of the molecule is C=C(C)C(C)(C)N(C[CH2-])C[CH2-].[W+2]. The Labute approximate surface area is 91.5 Å². The van der Waals surface area contributed by atoms with Gasteiger partial charge in [-0.1, -0.05) is 12.2 Å². The molecule has 0 heterocycles. The van der Waals surface area contributed by atoms with Crippen molar-refractivity contribution >= 4 is 0 Å². The summed E-state index contributed by atoms with van der Waals surface area (Å²) in [6.45, 7) is 19.5. The summed E-state index contributed by atoms with van der Waals surface area (Å²) >= 11 is 0. The van der Waals surface area contributed by atoms with Crippen molar-refractivity contribution in [3.8, 4) is 0 Å². The van der Waals surface area contributed by atoms with Gasteiger partial charge in [0.15, 0.2) is 0 Å². The molecule has 0 aliphatic rings. The molecule has 0 aromatic carbocycles. The Kier molecular flexibility index (Phi) is 7.37. The average molecular weight is 337 g/mol. The summed E-state index contributed by atoms with van der Waals surface area (Å²) in [6.07, 6.45) is 0. The van der Waals surface area contributed by atoms with Crippen LogP contribution in [0.5, 0.6) is 0 Å². The van der Waals surface area contributed by atoms with Crippen LogP contribution >= 0.6 is 0 Å². The van der Waals surface area contributed by atoms with Gasteiger partial charge in [-0.15, -0.1) is 13.1 Å². The molecule has 0 saturated heterocycles. The Morgan fingerprint density at radius 2 is 1.67 bits per heavy atom. The zero-order valence-corrected chi connectivity index (χ0v) is 11.3. The van der Waals surface area contributed by atoms with Gasteiger partial charge in [-0.3, -0.25) is 0 Å². The third-order valence-corrected chi connectivity index (χ3v) is 2.37. The molecule has 0 aromatic heterocycles. The molecule has 1 nitrogen and oxygen atoms in total. The summed E-state index contributed by atoms with van der Waals surface area (Å²) in [5.74, 6) is 0. The Balaban J connectivity index is 0. The molecular weight excluding hydrogens is 318 g/mol. The van der Waals surface area contributed by atoms with Gasteiger partial charge < -0.3 is 18.7 Å². The van der Waals surface area contributed by atoms with E-state index < -0.39 is 0 Å². The van der Waals surface area contributed by atoms with Gasteiger partial charge >= 0.3 is 21.1 Å². The Morgan fingerprint density at radius 1 is 1.33 bits per heavy atom. The maximum Gasteiger partial charge on any atom is 2.00 e. The first kappa shape index (κ1) is 14.9. The van der Waals surface area contributed by atoms with Crippen LogP contribution in [-0.2, 0) is 21.1 Å². The Hall–Kier alpha value is 0.388. The van der Waals surface area contributed by atoms with E-state index in [4.69, 9.17) is 0 Å². The van der Waals surface area contributed by atoms with Gasteiger partial charge in [-0.05, 0) is 20.8 Å². The normalized spacial score (nSPS) is 11.2. The average Bonchev–Trinajstić information content (AvgIpc) is 1.89. The topological polar surface area (TPSA) is 3.24 Å². The van der Waals surface area contributed by atoms with Crippen LogP contribution in [0.1, 0.15) is 20.8 Å². The van der Waals surface area contributed by atoms with Crippen LogP contribution in [0.2, 0.25) is 0 Å². The first-order valence-electron chi connectivity index (χ1n) is 3.96. The molecule has 0 fully saturated rings. The molecule has 0 aliphatic heterocycles. The summed E-state index contributed by atoms with van der Waals surface area (Å²) in [5, 5.41) is 0. The van der Waals surface area contributed by atoms with Crippen LogP contribution in [-0.4, -0.2) is 23.5 Å². The molecule has 2 heteroatoms. The molecule has 0 atom stereocenters. The fourth-order valence-electron chi connectivity index (χ4n) is 0.941. The molecule has 70 valence electrons. The van der Waals surface area contributed by atoms with Crippen molar-refractivity contribution in [3.05, 3.63) is 26.0 Å². The van der Waals surface area contributed by atoms with E-state index in [-0.39, 0.29) is 26.6 Å². The van der Waals surface area contributed by atoms with Crippen LogP contribution in [0.15, 0.2) is 12.2 Å². The predicted octanol–water partition coefficient (Wildman–Crippen LogP) is 2.31. The van der Waals surface area contributed by atoms with Gasteiger partial charge in [0.1, 0.15) is 0 Å². The fraction of sp³-hybridized carbons (Fsp3) is 0.600. The van der Waals surface area contributed by atoms with Crippen molar-refractivity contribution in [3.63, 3.8) is 0 Å². The van der Waals surface area contributed by atoms with Crippen molar-refractivity contribution in [1.82, 2.24) is 4.90 Å². The zero-order valence-electron chi connectivity index (χ0n) is 8.39. The molecule has 0 N–H and O–H groups in total. The van der Waals surface area contributed by atoms with Crippen LogP contribution in [0.3, 0.4) is 0 Å². The first-order chi connectivity index (χ1) is 4.96. The third-order valence-electron chi connectivity index (χ3n) is 2.37. The van der Waals surface area contributed by atoms with Gasteiger partial charge in [-0.2, -0.15) is 0 Å². The molecule has 0 unspecified atom stereocenters. The van der Waals surface area contributed by atoms with E-state index in [0.717, 1.165) is 18.7 Å². The van der Waals surface area contributed by atoms with Crippen LogP contribution in [0.25, 0.3) is 0 Å². The van der Waals surface area contributed by atoms with E-state index >= 15 is 0 Å². The second-order valence-corrected chi connectivity index (χ2v) is 3.33. The van der Waals surface area contributed by atoms with Crippen molar-refractivity contribution in [2.45, 2.75) is 26.3 Å². The number of nitrogens with zero attached hydrogens (tertiary/aromatic N) is 1. The molecule has 0 spiro atoms. The molecule has 0 aromatic rings. The fourth-order valence-corrected chi connectivity index (χ4v) is 0.941. The summed E-state index contributed by atoms with van der Waals surface area (Å²) in [7, 11) is 0. The molecule has 0 aliphatic carbocycles. The summed E-state index contributed by atoms with van der Waals surface area (Å²) in [6, 6.07) is 0. The molecule has 0 amide bonds. The van der Waals surface area contributed by atoms with E-state index in [1.54, 1.807) is 0 Å². The first-order valence-corrected chi connectivity index (χ1v) is 3.96. The minimum atomic E-state index is 0. The second-order valence-electron chi connectivity index (χ2n) is 3.33. The third kappa shape index (κ3) is 3.41. The minimum absolute atomic E-state index is 0. The van der Waals surface area contributed by atoms with Crippen molar-refractivity contribution in [1.29, 1.82) is 0 Å². The van der Waals surface area contributed by atoms with E-state index in [1.165, 1.54) is 0 Å². The minimum Gasteiger partial charge on any atom is -0.354 e. The zero-order chi connectivity index (χ0) is 9.07. The Bertz CT molecular complexity index is 137. The van der Waals surface area contributed by atoms with Crippen LogP contribution < -0.4 is 0 Å². The molecular formula is C10H19NW. The van der Waals surface area contributed by atoms with Gasteiger partial charge in [-0.25, -0.2) is 0 Å². The summed E-state index contributed by atoms with van der Waals surface area (Å²) < 4.78 is 0. The largest absolute Gasteiger partial charge is 2.00 e. The smallest absolute Gasteiger partial charge is 0.354 e. The van der Waals surface area contributed by atoms with Gasteiger partial charge in [0.25, 0.3) is 0 Å². The summed E-state index contributed by atoms with van der Waals surface area (Å²) in [4.78, 5) is 2.19. The van der Waals surface area contributed by atoms with E-state index in [2.05, 4.69) is 39.2 Å². The van der Waals surface area contributed by atoms with E-state index in [0.29, 0.717) is 0 Å². The number of hydrogen-bond donors (Lipinski definition) is 0. The predicted molar refractivity (Wildman–Crippen MR) is 51.2 cm³/mol. The van der Waals surface area contributed by atoms with Crippen LogP contribution in [0, 0.1) is 13.8 Å². The molecule has 0 saturated carbocycles.